The molecule has 0 spiro atoms. The molecule has 2 fully saturated rings. The van der Waals surface area contributed by atoms with Crippen LogP contribution in [0.3, 0.4) is 0 Å². The normalized spacial score (nSPS) is 20.6. The van der Waals surface area contributed by atoms with Crippen LogP contribution in [-0.4, -0.2) is 17.5 Å². The molecule has 20 heavy (non-hydrogen) atoms. The summed E-state index contributed by atoms with van der Waals surface area (Å²) in [7, 11) is 0. The molecule has 2 aliphatic rings. The van der Waals surface area contributed by atoms with Gasteiger partial charge in [-0.15, -0.1) is 0 Å². The van der Waals surface area contributed by atoms with Crippen LogP contribution in [0.4, 0.5) is 0 Å². The molecule has 1 aromatic rings. The number of rotatable bonds is 5. The van der Waals surface area contributed by atoms with Crippen molar-refractivity contribution in [2.45, 2.75) is 62.9 Å². The van der Waals surface area contributed by atoms with Gasteiger partial charge in [0.05, 0.1) is 5.41 Å². The van der Waals surface area contributed by atoms with Crippen molar-refractivity contribution in [1.82, 2.24) is 5.32 Å². The third-order valence-corrected chi connectivity index (χ3v) is 4.61. The van der Waals surface area contributed by atoms with Crippen molar-refractivity contribution >= 4 is 5.91 Å². The molecule has 2 saturated carbocycles. The predicted octanol–water partition coefficient (Wildman–Crippen LogP) is 2.28. The third kappa shape index (κ3) is 2.73. The molecule has 1 amide bonds. The van der Waals surface area contributed by atoms with Crippen LogP contribution in [0.15, 0.2) is 24.3 Å². The van der Waals surface area contributed by atoms with Gasteiger partial charge in [-0.1, -0.05) is 24.3 Å². The van der Waals surface area contributed by atoms with E-state index in [1.807, 2.05) is 26.0 Å². The Hall–Kier alpha value is -1.35. The highest BCUT2D eigenvalue weighted by atomic mass is 16.2. The molecule has 3 rings (SSSR count). The highest BCUT2D eigenvalue weighted by Crippen LogP contribution is 2.38. The van der Waals surface area contributed by atoms with Gasteiger partial charge in [0.25, 0.3) is 0 Å². The van der Waals surface area contributed by atoms with Gasteiger partial charge in [0.1, 0.15) is 0 Å². The quantitative estimate of drug-likeness (QED) is 0.864. The molecule has 3 N–H and O–H groups in total. The smallest absolute Gasteiger partial charge is 0.230 e. The maximum absolute atomic E-state index is 12.5. The van der Waals surface area contributed by atoms with E-state index < -0.39 is 5.41 Å². The zero-order chi connectivity index (χ0) is 14.4. The average molecular weight is 272 g/mol. The van der Waals surface area contributed by atoms with Gasteiger partial charge >= 0.3 is 0 Å². The van der Waals surface area contributed by atoms with Gasteiger partial charge < -0.3 is 11.1 Å². The molecule has 0 aliphatic heterocycles. The second kappa shape index (κ2) is 4.59. The number of nitrogens with two attached hydrogens (primary N) is 1. The van der Waals surface area contributed by atoms with Crippen LogP contribution in [-0.2, 0) is 16.6 Å². The Morgan fingerprint density at radius 2 is 2.00 bits per heavy atom. The van der Waals surface area contributed by atoms with E-state index in [2.05, 4.69) is 17.4 Å². The largest absolute Gasteiger partial charge is 0.353 e. The van der Waals surface area contributed by atoms with Gasteiger partial charge in [-0.25, -0.2) is 0 Å². The van der Waals surface area contributed by atoms with E-state index in [4.69, 9.17) is 5.73 Å². The van der Waals surface area contributed by atoms with Crippen molar-refractivity contribution in [3.63, 3.8) is 0 Å². The fourth-order valence-corrected chi connectivity index (χ4v) is 2.72. The summed E-state index contributed by atoms with van der Waals surface area (Å²) < 4.78 is 0. The summed E-state index contributed by atoms with van der Waals surface area (Å²) in [6.07, 6.45) is 5.31. The molecule has 0 radical (unpaired) electrons. The number of nitrogens with one attached hydrogen (secondary N) is 1. The first-order valence-corrected chi connectivity index (χ1v) is 7.59. The van der Waals surface area contributed by atoms with E-state index >= 15 is 0 Å². The van der Waals surface area contributed by atoms with Crippen LogP contribution in [0.2, 0.25) is 0 Å². The fraction of sp³-hybridized carbons (Fsp3) is 0.588. The Morgan fingerprint density at radius 1 is 1.35 bits per heavy atom. The Kier molecular flexibility index (Phi) is 3.13. The fourth-order valence-electron chi connectivity index (χ4n) is 2.72. The number of carbonyl (C=O) groups excluding carboxylic acids is 1. The first-order valence-electron chi connectivity index (χ1n) is 7.59. The second-order valence-electron chi connectivity index (χ2n) is 7.07. The van der Waals surface area contributed by atoms with E-state index in [0.29, 0.717) is 6.04 Å². The Bertz CT molecular complexity index is 528. The number of carbonyl (C=O) groups is 1. The molecule has 0 bridgehead atoms. The molecular weight excluding hydrogens is 248 g/mol. The Labute approximate surface area is 120 Å². The van der Waals surface area contributed by atoms with E-state index in [1.54, 1.807) is 0 Å². The lowest BCUT2D eigenvalue weighted by Gasteiger charge is -2.27. The average Bonchev–Trinajstić information content (AvgIpc) is 3.30. The molecule has 0 unspecified atom stereocenters. The van der Waals surface area contributed by atoms with Crippen molar-refractivity contribution in [2.24, 2.45) is 5.73 Å². The highest BCUT2D eigenvalue weighted by Gasteiger charge is 2.41. The minimum Gasteiger partial charge on any atom is -0.353 e. The summed E-state index contributed by atoms with van der Waals surface area (Å²) in [6, 6.07) is 8.65. The Morgan fingerprint density at radius 3 is 2.60 bits per heavy atom. The molecule has 2 aliphatic carbocycles. The molecular formula is C17H24N2O. The van der Waals surface area contributed by atoms with Crippen molar-refractivity contribution in [3.05, 3.63) is 35.4 Å². The lowest BCUT2D eigenvalue weighted by Crippen LogP contribution is -2.42. The van der Waals surface area contributed by atoms with Gasteiger partial charge in [0.15, 0.2) is 0 Å². The summed E-state index contributed by atoms with van der Waals surface area (Å²) in [5, 5.41) is 3.13. The summed E-state index contributed by atoms with van der Waals surface area (Å²) in [5.74, 6) is 0.134. The topological polar surface area (TPSA) is 55.1 Å². The summed E-state index contributed by atoms with van der Waals surface area (Å²) >= 11 is 0. The third-order valence-electron chi connectivity index (χ3n) is 4.61. The van der Waals surface area contributed by atoms with E-state index in [0.717, 1.165) is 37.7 Å². The number of benzene rings is 1. The van der Waals surface area contributed by atoms with Gasteiger partial charge in [-0.05, 0) is 57.1 Å². The lowest BCUT2D eigenvalue weighted by atomic mass is 9.79. The molecule has 0 heterocycles. The summed E-state index contributed by atoms with van der Waals surface area (Å²) in [6.45, 7) is 4.03. The maximum Gasteiger partial charge on any atom is 0.230 e. The standard InChI is InChI=1S/C17H24N2O/c1-16(2,15(20)19-13-7-8-13)14-6-4-3-5-12(14)11-17(18)9-10-17/h3-6,13H,7-11,18H2,1-2H3,(H,19,20). The van der Waals surface area contributed by atoms with Gasteiger partial charge in [0, 0.05) is 11.6 Å². The molecule has 0 aromatic heterocycles. The monoisotopic (exact) mass is 272 g/mol. The zero-order valence-corrected chi connectivity index (χ0v) is 12.4. The van der Waals surface area contributed by atoms with Crippen LogP contribution in [0.25, 0.3) is 0 Å². The highest BCUT2D eigenvalue weighted by molar-refractivity contribution is 5.88. The zero-order valence-electron chi connectivity index (χ0n) is 12.4. The maximum atomic E-state index is 12.5. The first-order chi connectivity index (χ1) is 9.41. The minimum absolute atomic E-state index is 0.0286. The number of hydrogen-bond donors (Lipinski definition) is 2. The van der Waals surface area contributed by atoms with Crippen LogP contribution in [0, 0.1) is 0 Å². The van der Waals surface area contributed by atoms with Crippen LogP contribution in [0.1, 0.15) is 50.7 Å². The molecule has 0 atom stereocenters. The van der Waals surface area contributed by atoms with E-state index in [9.17, 15) is 4.79 Å². The van der Waals surface area contributed by atoms with Crippen molar-refractivity contribution < 1.29 is 4.79 Å². The second-order valence-corrected chi connectivity index (χ2v) is 7.07. The van der Waals surface area contributed by atoms with Crippen LogP contribution in [0.5, 0.6) is 0 Å². The summed E-state index contributed by atoms with van der Waals surface area (Å²) in [4.78, 5) is 12.5. The van der Waals surface area contributed by atoms with E-state index in [1.165, 1.54) is 5.56 Å². The number of amides is 1. The molecule has 0 saturated heterocycles. The van der Waals surface area contributed by atoms with Gasteiger partial charge in [-0.3, -0.25) is 4.79 Å². The number of hydrogen-bond acceptors (Lipinski definition) is 2. The first kappa shape index (κ1) is 13.6. The van der Waals surface area contributed by atoms with Gasteiger partial charge in [-0.2, -0.15) is 0 Å². The van der Waals surface area contributed by atoms with Crippen LogP contribution >= 0.6 is 0 Å². The SMILES string of the molecule is CC(C)(C(=O)NC1CC1)c1ccccc1CC1(N)CC1. The van der Waals surface area contributed by atoms with Crippen molar-refractivity contribution in [1.29, 1.82) is 0 Å². The molecule has 108 valence electrons. The van der Waals surface area contributed by atoms with Crippen molar-refractivity contribution in [2.75, 3.05) is 0 Å². The molecule has 3 heteroatoms. The predicted molar refractivity (Wildman–Crippen MR) is 80.5 cm³/mol. The van der Waals surface area contributed by atoms with Crippen molar-refractivity contribution in [3.8, 4) is 0 Å². The minimum atomic E-state index is -0.496. The van der Waals surface area contributed by atoms with Gasteiger partial charge in [0.2, 0.25) is 5.91 Å². The van der Waals surface area contributed by atoms with Crippen LogP contribution < -0.4 is 11.1 Å². The van der Waals surface area contributed by atoms with E-state index in [-0.39, 0.29) is 11.4 Å². The molecule has 1 aromatic carbocycles. The lowest BCUT2D eigenvalue weighted by molar-refractivity contribution is -0.125. The Balaban J connectivity index is 1.85. The summed E-state index contributed by atoms with van der Waals surface area (Å²) in [5.41, 5.74) is 8.08. The molecule has 3 nitrogen and oxygen atoms in total.